The summed E-state index contributed by atoms with van der Waals surface area (Å²) in [5, 5.41) is 33.9. The fraction of sp³-hybridized carbons (Fsp3) is 0.244. The molecule has 10 nitrogen and oxygen atoms in total. The van der Waals surface area contributed by atoms with Gasteiger partial charge in [0.15, 0.2) is 5.60 Å². The smallest absolute Gasteiger partial charge is 0.264 e. The highest BCUT2D eigenvalue weighted by Gasteiger charge is 2.53. The fourth-order valence-corrected chi connectivity index (χ4v) is 6.89. The molecule has 0 fully saturated rings. The number of carbonyl (C=O) groups excluding carboxylic acids is 3. The number of aliphatic hydroxyl groups excluding tert-OH is 1. The molecule has 0 aromatic heterocycles. The Morgan fingerprint density at radius 2 is 1.33 bits per heavy atom. The molecule has 0 saturated heterocycles. The molecule has 0 aliphatic carbocycles. The van der Waals surface area contributed by atoms with Crippen LogP contribution >= 0.6 is 0 Å². The molecule has 0 bridgehead atoms. The first-order chi connectivity index (χ1) is 24.8. The van der Waals surface area contributed by atoms with E-state index in [1.807, 2.05) is 84.9 Å². The van der Waals surface area contributed by atoms with Crippen molar-refractivity contribution in [2.24, 2.45) is 16.1 Å². The average Bonchev–Trinajstić information content (AvgIpc) is 3.38. The SMILES string of the molecule is C[C@H](/C=C/CCO)[C@@]1(O)C(=O)N(Cc2cccc(N3N=C(c4ccccc4)CCC3=O)c2)c2ccc(N3N=C(c4ccccc4)CCC3=O)cc21. The fourth-order valence-electron chi connectivity index (χ4n) is 6.89. The van der Waals surface area contributed by atoms with E-state index in [1.165, 1.54) is 10.0 Å². The average molecular weight is 682 g/mol. The van der Waals surface area contributed by atoms with E-state index in [1.54, 1.807) is 42.2 Å². The van der Waals surface area contributed by atoms with Gasteiger partial charge in [0.25, 0.3) is 5.91 Å². The maximum absolute atomic E-state index is 14.4. The zero-order valence-corrected chi connectivity index (χ0v) is 28.4. The maximum Gasteiger partial charge on any atom is 0.264 e. The van der Waals surface area contributed by atoms with Crippen molar-refractivity contribution < 1.29 is 24.6 Å². The summed E-state index contributed by atoms with van der Waals surface area (Å²) in [6.45, 7) is 1.81. The quantitative estimate of drug-likeness (QED) is 0.197. The molecule has 4 aromatic carbocycles. The van der Waals surface area contributed by atoms with Crippen LogP contribution in [0.5, 0.6) is 0 Å². The Kier molecular flexibility index (Phi) is 9.44. The molecule has 0 spiro atoms. The van der Waals surface area contributed by atoms with Gasteiger partial charge in [-0.15, -0.1) is 0 Å². The van der Waals surface area contributed by atoms with E-state index in [9.17, 15) is 24.6 Å². The Hall–Kier alpha value is -5.71. The van der Waals surface area contributed by atoms with Gasteiger partial charge < -0.3 is 15.1 Å². The first-order valence-corrected chi connectivity index (χ1v) is 17.2. The monoisotopic (exact) mass is 681 g/mol. The predicted octanol–water partition coefficient (Wildman–Crippen LogP) is 6.06. The van der Waals surface area contributed by atoms with E-state index >= 15 is 0 Å². The largest absolute Gasteiger partial charge is 0.396 e. The van der Waals surface area contributed by atoms with Gasteiger partial charge in [0.1, 0.15) is 0 Å². The van der Waals surface area contributed by atoms with Crippen LogP contribution in [0.4, 0.5) is 17.1 Å². The first-order valence-electron chi connectivity index (χ1n) is 17.2. The Labute approximate surface area is 296 Å². The van der Waals surface area contributed by atoms with Gasteiger partial charge >= 0.3 is 0 Å². The number of carbonyl (C=O) groups is 3. The molecule has 0 radical (unpaired) electrons. The zero-order valence-electron chi connectivity index (χ0n) is 28.4. The summed E-state index contributed by atoms with van der Waals surface area (Å²) in [4.78, 5) is 42.2. The molecule has 3 heterocycles. The summed E-state index contributed by atoms with van der Waals surface area (Å²) >= 11 is 0. The molecule has 0 unspecified atom stereocenters. The number of benzene rings is 4. The minimum atomic E-state index is -1.96. The lowest BCUT2D eigenvalue weighted by atomic mass is 9.82. The van der Waals surface area contributed by atoms with Crippen molar-refractivity contribution in [3.05, 3.63) is 138 Å². The van der Waals surface area contributed by atoms with E-state index in [0.717, 1.165) is 28.1 Å². The Morgan fingerprint density at radius 3 is 1.92 bits per heavy atom. The number of nitrogens with zero attached hydrogens (tertiary/aromatic N) is 5. The third-order valence-electron chi connectivity index (χ3n) is 9.65. The predicted molar refractivity (Wildman–Crippen MR) is 197 cm³/mol. The third-order valence-corrected chi connectivity index (χ3v) is 9.65. The van der Waals surface area contributed by atoms with Crippen molar-refractivity contribution in [1.82, 2.24) is 0 Å². The van der Waals surface area contributed by atoms with Gasteiger partial charge in [-0.2, -0.15) is 10.2 Å². The van der Waals surface area contributed by atoms with Gasteiger partial charge in [0.05, 0.1) is 35.0 Å². The topological polar surface area (TPSA) is 126 Å². The number of hydrogen-bond donors (Lipinski definition) is 2. The van der Waals surface area contributed by atoms with E-state index in [2.05, 4.69) is 0 Å². The normalized spacial score (nSPS) is 19.7. The molecule has 3 aliphatic rings. The molecule has 10 heteroatoms. The highest BCUT2D eigenvalue weighted by molar-refractivity contribution is 6.11. The number of amides is 3. The summed E-state index contributed by atoms with van der Waals surface area (Å²) in [6.07, 6.45) is 5.50. The highest BCUT2D eigenvalue weighted by Crippen LogP contribution is 2.47. The van der Waals surface area contributed by atoms with Crippen molar-refractivity contribution in [1.29, 1.82) is 0 Å². The lowest BCUT2D eigenvalue weighted by molar-refractivity contribution is -0.139. The molecule has 3 aliphatic heterocycles. The molecule has 4 aromatic rings. The zero-order chi connectivity index (χ0) is 35.5. The molecule has 2 N–H and O–H groups in total. The van der Waals surface area contributed by atoms with Crippen LogP contribution < -0.4 is 14.9 Å². The van der Waals surface area contributed by atoms with Gasteiger partial charge in [-0.05, 0) is 53.4 Å². The third kappa shape index (κ3) is 6.51. The minimum absolute atomic E-state index is 0.0615. The number of aliphatic hydroxyl groups is 2. The number of anilines is 3. The van der Waals surface area contributed by atoms with Crippen LogP contribution in [0.2, 0.25) is 0 Å². The number of hydrazone groups is 2. The van der Waals surface area contributed by atoms with Gasteiger partial charge in [-0.3, -0.25) is 14.4 Å². The van der Waals surface area contributed by atoms with Crippen molar-refractivity contribution in [2.45, 2.75) is 51.2 Å². The van der Waals surface area contributed by atoms with Gasteiger partial charge in [0.2, 0.25) is 11.8 Å². The Bertz CT molecular complexity index is 2060. The number of hydrogen-bond acceptors (Lipinski definition) is 7. The molecular weight excluding hydrogens is 642 g/mol. The van der Waals surface area contributed by atoms with Crippen LogP contribution in [-0.4, -0.2) is 46.0 Å². The highest BCUT2D eigenvalue weighted by atomic mass is 16.3. The second-order valence-corrected chi connectivity index (χ2v) is 13.0. The maximum atomic E-state index is 14.4. The molecular formula is C41H39N5O5. The van der Waals surface area contributed by atoms with Crippen LogP contribution in [-0.2, 0) is 26.5 Å². The molecule has 7 rings (SSSR count). The van der Waals surface area contributed by atoms with E-state index in [-0.39, 0.29) is 31.4 Å². The van der Waals surface area contributed by atoms with E-state index < -0.39 is 17.4 Å². The molecule has 0 saturated carbocycles. The lowest BCUT2D eigenvalue weighted by Gasteiger charge is -2.29. The summed E-state index contributed by atoms with van der Waals surface area (Å²) in [7, 11) is 0. The van der Waals surface area contributed by atoms with Crippen LogP contribution in [0.1, 0.15) is 61.3 Å². The molecule has 3 amide bonds. The summed E-state index contributed by atoms with van der Waals surface area (Å²) < 4.78 is 0. The summed E-state index contributed by atoms with van der Waals surface area (Å²) in [5.74, 6) is -1.49. The molecule has 51 heavy (non-hydrogen) atoms. The summed E-state index contributed by atoms with van der Waals surface area (Å²) in [5.41, 5.74) is 4.15. The van der Waals surface area contributed by atoms with Gasteiger partial charge in [0, 0.05) is 43.8 Å². The van der Waals surface area contributed by atoms with Crippen LogP contribution in [0.15, 0.2) is 125 Å². The standard InChI is InChI=1S/C41H39N5O5/c1-28(11-8-9-24-47)41(51)34-26-33(46-39(49)23-20-36(43-46)31-15-6-3-7-16-31)18-21-37(34)44(40(41)50)27-29-12-10-17-32(25-29)45-38(48)22-19-35(42-45)30-13-4-2-5-14-30/h2-8,10-18,21,25-26,28,47,51H,9,19-20,22-24,27H2,1H3/b11-8+/t28-,41+/m1/s1. The summed E-state index contributed by atoms with van der Waals surface area (Å²) in [6, 6.07) is 32.0. The van der Waals surface area contributed by atoms with Crippen molar-refractivity contribution in [2.75, 3.05) is 21.5 Å². The van der Waals surface area contributed by atoms with Crippen molar-refractivity contribution >= 4 is 46.2 Å². The van der Waals surface area contributed by atoms with E-state index in [0.29, 0.717) is 48.3 Å². The Morgan fingerprint density at radius 1 is 0.745 bits per heavy atom. The number of fused-ring (bicyclic) bond motifs is 1. The van der Waals surface area contributed by atoms with Gasteiger partial charge in [-0.1, -0.05) is 91.9 Å². The minimum Gasteiger partial charge on any atom is -0.396 e. The Balaban J connectivity index is 1.24. The molecule has 2 atom stereocenters. The van der Waals surface area contributed by atoms with Crippen molar-refractivity contribution in [3.63, 3.8) is 0 Å². The van der Waals surface area contributed by atoms with Crippen LogP contribution in [0, 0.1) is 5.92 Å². The lowest BCUT2D eigenvalue weighted by Crippen LogP contribution is -2.44. The van der Waals surface area contributed by atoms with Crippen molar-refractivity contribution in [3.8, 4) is 0 Å². The number of rotatable bonds is 10. The second kappa shape index (κ2) is 14.3. The van der Waals surface area contributed by atoms with E-state index in [4.69, 9.17) is 10.2 Å². The van der Waals surface area contributed by atoms with Crippen LogP contribution in [0.3, 0.4) is 0 Å². The first kappa shape index (κ1) is 33.8. The van der Waals surface area contributed by atoms with Crippen LogP contribution in [0.25, 0.3) is 0 Å². The molecule has 258 valence electrons. The second-order valence-electron chi connectivity index (χ2n) is 13.0. The van der Waals surface area contributed by atoms with Gasteiger partial charge in [-0.25, -0.2) is 10.0 Å².